The molecule has 0 N–H and O–H groups in total. The summed E-state index contributed by atoms with van der Waals surface area (Å²) in [5.41, 5.74) is 2.36. The van der Waals surface area contributed by atoms with Crippen LogP contribution in [0, 0.1) is 0 Å². The van der Waals surface area contributed by atoms with Crippen molar-refractivity contribution in [1.82, 2.24) is 14.9 Å². The lowest BCUT2D eigenvalue weighted by molar-refractivity contribution is -0.126. The van der Waals surface area contributed by atoms with E-state index in [4.69, 9.17) is 0 Å². The van der Waals surface area contributed by atoms with Crippen LogP contribution >= 0.6 is 0 Å². The molecule has 5 heteroatoms. The van der Waals surface area contributed by atoms with Gasteiger partial charge < -0.3 is 9.80 Å². The minimum absolute atomic E-state index is 0.0570. The van der Waals surface area contributed by atoms with Crippen molar-refractivity contribution in [3.63, 3.8) is 0 Å². The van der Waals surface area contributed by atoms with Crippen LogP contribution in [-0.2, 0) is 4.79 Å². The van der Waals surface area contributed by atoms with Gasteiger partial charge in [0.05, 0.1) is 0 Å². The molecule has 1 aromatic heterocycles. The number of hydrogen-bond donors (Lipinski definition) is 0. The molecule has 1 amide bonds. The highest BCUT2D eigenvalue weighted by Gasteiger charge is 2.20. The SMILES string of the molecule is CC(C)c1ccc(C=CC(=O)N2CCN(c3ncccn3)CC2)cc1. The molecule has 0 radical (unpaired) electrons. The average molecular weight is 336 g/mol. The second-order valence-corrected chi connectivity index (χ2v) is 6.52. The second kappa shape index (κ2) is 7.92. The van der Waals surface area contributed by atoms with Gasteiger partial charge in [0, 0.05) is 44.6 Å². The Hall–Kier alpha value is -2.69. The number of amides is 1. The lowest BCUT2D eigenvalue weighted by Crippen LogP contribution is -2.48. The smallest absolute Gasteiger partial charge is 0.246 e. The fraction of sp³-hybridized carbons (Fsp3) is 0.350. The van der Waals surface area contributed by atoms with Crippen molar-refractivity contribution in [2.24, 2.45) is 0 Å². The lowest BCUT2D eigenvalue weighted by Gasteiger charge is -2.34. The van der Waals surface area contributed by atoms with E-state index in [2.05, 4.69) is 53.0 Å². The van der Waals surface area contributed by atoms with Crippen molar-refractivity contribution in [1.29, 1.82) is 0 Å². The van der Waals surface area contributed by atoms with Gasteiger partial charge in [0.2, 0.25) is 11.9 Å². The van der Waals surface area contributed by atoms with E-state index in [1.165, 1.54) is 5.56 Å². The van der Waals surface area contributed by atoms with Gasteiger partial charge in [-0.2, -0.15) is 0 Å². The van der Waals surface area contributed by atoms with Gasteiger partial charge in [-0.15, -0.1) is 0 Å². The third kappa shape index (κ3) is 4.44. The maximum absolute atomic E-state index is 12.4. The number of aromatic nitrogens is 2. The number of rotatable bonds is 4. The maximum Gasteiger partial charge on any atom is 0.246 e. The van der Waals surface area contributed by atoms with E-state index in [9.17, 15) is 4.79 Å². The zero-order chi connectivity index (χ0) is 17.6. The Labute approximate surface area is 149 Å². The summed E-state index contributed by atoms with van der Waals surface area (Å²) in [6.07, 6.45) is 7.04. The minimum Gasteiger partial charge on any atom is -0.337 e. The normalized spacial score (nSPS) is 15.2. The van der Waals surface area contributed by atoms with Gasteiger partial charge in [0.25, 0.3) is 0 Å². The van der Waals surface area contributed by atoms with Crippen molar-refractivity contribution in [2.75, 3.05) is 31.1 Å². The van der Waals surface area contributed by atoms with E-state index in [0.717, 1.165) is 24.6 Å². The third-order valence-electron chi connectivity index (χ3n) is 4.45. The molecule has 0 aliphatic carbocycles. The molecule has 2 heterocycles. The Balaban J connectivity index is 1.54. The highest BCUT2D eigenvalue weighted by Crippen LogP contribution is 2.15. The van der Waals surface area contributed by atoms with Crippen molar-refractivity contribution >= 4 is 17.9 Å². The lowest BCUT2D eigenvalue weighted by atomic mass is 10.0. The Morgan fingerprint density at radius 2 is 1.68 bits per heavy atom. The summed E-state index contributed by atoms with van der Waals surface area (Å²) in [4.78, 5) is 24.9. The number of piperazine rings is 1. The summed E-state index contributed by atoms with van der Waals surface area (Å²) in [7, 11) is 0. The predicted molar refractivity (Wildman–Crippen MR) is 100 cm³/mol. The van der Waals surface area contributed by atoms with Gasteiger partial charge in [-0.3, -0.25) is 4.79 Å². The number of carbonyl (C=O) groups excluding carboxylic acids is 1. The first-order chi connectivity index (χ1) is 12.1. The highest BCUT2D eigenvalue weighted by atomic mass is 16.2. The number of anilines is 1. The van der Waals surface area contributed by atoms with Crippen LogP contribution in [0.25, 0.3) is 6.08 Å². The van der Waals surface area contributed by atoms with Crippen LogP contribution in [0.4, 0.5) is 5.95 Å². The Kier molecular flexibility index (Phi) is 5.43. The standard InChI is InChI=1S/C20H24N4O/c1-16(2)18-7-4-17(5-8-18)6-9-19(25)23-12-14-24(15-13-23)20-21-10-3-11-22-20/h3-11,16H,12-15H2,1-2H3. The van der Waals surface area contributed by atoms with E-state index >= 15 is 0 Å². The molecule has 5 nitrogen and oxygen atoms in total. The molecule has 3 rings (SSSR count). The fourth-order valence-electron chi connectivity index (χ4n) is 2.85. The van der Waals surface area contributed by atoms with E-state index in [1.54, 1.807) is 18.5 Å². The first-order valence-corrected chi connectivity index (χ1v) is 8.72. The van der Waals surface area contributed by atoms with Crippen LogP contribution in [0.15, 0.2) is 48.8 Å². The van der Waals surface area contributed by atoms with Gasteiger partial charge in [-0.1, -0.05) is 38.1 Å². The topological polar surface area (TPSA) is 49.3 Å². The minimum atomic E-state index is 0.0570. The molecular weight excluding hydrogens is 312 g/mol. The van der Waals surface area contributed by atoms with Gasteiger partial charge in [-0.05, 0) is 29.2 Å². The molecule has 0 unspecified atom stereocenters. The molecule has 130 valence electrons. The molecule has 1 aliphatic heterocycles. The number of carbonyl (C=O) groups is 1. The predicted octanol–water partition coefficient (Wildman–Crippen LogP) is 2.96. The Bertz CT molecular complexity index is 717. The molecule has 2 aromatic rings. The maximum atomic E-state index is 12.4. The van der Waals surface area contributed by atoms with Crippen LogP contribution in [0.2, 0.25) is 0 Å². The first kappa shape index (κ1) is 17.1. The first-order valence-electron chi connectivity index (χ1n) is 8.72. The van der Waals surface area contributed by atoms with Crippen LogP contribution in [-0.4, -0.2) is 47.0 Å². The molecule has 1 aromatic carbocycles. The number of hydrogen-bond acceptors (Lipinski definition) is 4. The molecule has 25 heavy (non-hydrogen) atoms. The van der Waals surface area contributed by atoms with E-state index in [-0.39, 0.29) is 5.91 Å². The molecule has 0 atom stereocenters. The van der Waals surface area contributed by atoms with Gasteiger partial charge in [0.1, 0.15) is 0 Å². The van der Waals surface area contributed by atoms with Crippen LogP contribution in [0.5, 0.6) is 0 Å². The van der Waals surface area contributed by atoms with Gasteiger partial charge in [-0.25, -0.2) is 9.97 Å². The van der Waals surface area contributed by atoms with Crippen molar-refractivity contribution in [3.05, 3.63) is 59.9 Å². The zero-order valence-corrected chi connectivity index (χ0v) is 14.8. The number of nitrogens with zero attached hydrogens (tertiary/aromatic N) is 4. The van der Waals surface area contributed by atoms with Crippen molar-refractivity contribution in [2.45, 2.75) is 19.8 Å². The highest BCUT2D eigenvalue weighted by molar-refractivity contribution is 5.91. The monoisotopic (exact) mass is 336 g/mol. The summed E-state index contributed by atoms with van der Waals surface area (Å²) >= 11 is 0. The molecule has 1 aliphatic rings. The van der Waals surface area contributed by atoms with E-state index in [1.807, 2.05) is 17.0 Å². The quantitative estimate of drug-likeness (QED) is 0.806. The molecule has 0 bridgehead atoms. The molecule has 1 saturated heterocycles. The van der Waals surface area contributed by atoms with Gasteiger partial charge in [0.15, 0.2) is 0 Å². The van der Waals surface area contributed by atoms with Crippen molar-refractivity contribution < 1.29 is 4.79 Å². The molecular formula is C20H24N4O. The summed E-state index contributed by atoms with van der Waals surface area (Å²) in [6.45, 7) is 7.24. The summed E-state index contributed by atoms with van der Waals surface area (Å²) in [5, 5.41) is 0. The Morgan fingerprint density at radius 1 is 1.04 bits per heavy atom. The fourth-order valence-corrected chi connectivity index (χ4v) is 2.85. The van der Waals surface area contributed by atoms with E-state index < -0.39 is 0 Å². The van der Waals surface area contributed by atoms with Crippen LogP contribution < -0.4 is 4.90 Å². The average Bonchev–Trinajstić information content (AvgIpc) is 2.67. The molecule has 0 saturated carbocycles. The third-order valence-corrected chi connectivity index (χ3v) is 4.45. The van der Waals surface area contributed by atoms with Crippen LogP contribution in [0.3, 0.4) is 0 Å². The molecule has 0 spiro atoms. The molecule has 1 fully saturated rings. The summed E-state index contributed by atoms with van der Waals surface area (Å²) in [5.74, 6) is 1.31. The summed E-state index contributed by atoms with van der Waals surface area (Å²) in [6, 6.07) is 10.2. The summed E-state index contributed by atoms with van der Waals surface area (Å²) < 4.78 is 0. The Morgan fingerprint density at radius 3 is 2.28 bits per heavy atom. The second-order valence-electron chi connectivity index (χ2n) is 6.52. The van der Waals surface area contributed by atoms with Crippen LogP contribution in [0.1, 0.15) is 30.9 Å². The largest absolute Gasteiger partial charge is 0.337 e. The number of benzene rings is 1. The van der Waals surface area contributed by atoms with Crippen molar-refractivity contribution in [3.8, 4) is 0 Å². The van der Waals surface area contributed by atoms with E-state index in [0.29, 0.717) is 19.0 Å². The zero-order valence-electron chi connectivity index (χ0n) is 14.8. The van der Waals surface area contributed by atoms with Gasteiger partial charge >= 0.3 is 0 Å².